The molecule has 0 heterocycles. The minimum absolute atomic E-state index is 0.278. The SMILES string of the molecule is CC(C)(C)[Si](C)(C)OCc1cccc(CCBr)c1. The summed E-state index contributed by atoms with van der Waals surface area (Å²) >= 11 is 3.48. The van der Waals surface area contributed by atoms with Crippen LogP contribution in [-0.2, 0) is 17.5 Å². The van der Waals surface area contributed by atoms with Crippen molar-refractivity contribution in [3.05, 3.63) is 35.4 Å². The summed E-state index contributed by atoms with van der Waals surface area (Å²) in [6.45, 7) is 12.2. The summed E-state index contributed by atoms with van der Waals surface area (Å²) < 4.78 is 6.24. The first-order chi connectivity index (χ1) is 8.26. The van der Waals surface area contributed by atoms with Crippen molar-refractivity contribution in [1.82, 2.24) is 0 Å². The first-order valence-corrected chi connectivity index (χ1v) is 10.6. The van der Waals surface area contributed by atoms with Crippen molar-refractivity contribution in [1.29, 1.82) is 0 Å². The van der Waals surface area contributed by atoms with Crippen molar-refractivity contribution in [3.63, 3.8) is 0 Å². The molecule has 0 N–H and O–H groups in total. The second kappa shape index (κ2) is 6.35. The van der Waals surface area contributed by atoms with Crippen LogP contribution in [0.1, 0.15) is 31.9 Å². The van der Waals surface area contributed by atoms with E-state index < -0.39 is 8.32 Å². The van der Waals surface area contributed by atoms with Gasteiger partial charge in [-0.25, -0.2) is 0 Å². The van der Waals surface area contributed by atoms with E-state index in [-0.39, 0.29) is 5.04 Å². The molecule has 0 aromatic heterocycles. The van der Waals surface area contributed by atoms with Crippen molar-refractivity contribution >= 4 is 24.2 Å². The van der Waals surface area contributed by atoms with Crippen LogP contribution in [0, 0.1) is 0 Å². The molecular formula is C15H25BrOSi. The predicted molar refractivity (Wildman–Crippen MR) is 85.9 cm³/mol. The minimum atomic E-state index is -1.63. The molecule has 0 saturated heterocycles. The molecule has 0 aliphatic heterocycles. The third-order valence-electron chi connectivity index (χ3n) is 3.78. The summed E-state index contributed by atoms with van der Waals surface area (Å²) in [6.07, 6.45) is 1.08. The van der Waals surface area contributed by atoms with Crippen LogP contribution in [0.5, 0.6) is 0 Å². The van der Waals surface area contributed by atoms with E-state index in [2.05, 4.69) is 74.1 Å². The number of aryl methyl sites for hydroxylation is 1. The Balaban J connectivity index is 2.66. The average molecular weight is 329 g/mol. The van der Waals surface area contributed by atoms with E-state index in [0.29, 0.717) is 0 Å². The average Bonchev–Trinajstić information content (AvgIpc) is 2.26. The first kappa shape index (κ1) is 15.9. The van der Waals surface area contributed by atoms with E-state index in [0.717, 1.165) is 18.4 Å². The molecule has 0 spiro atoms. The molecule has 0 fully saturated rings. The standard InChI is InChI=1S/C15H25BrOSi/c1-15(2,3)18(4,5)17-12-14-8-6-7-13(11-14)9-10-16/h6-8,11H,9-10,12H2,1-5H3. The van der Waals surface area contributed by atoms with E-state index in [4.69, 9.17) is 4.43 Å². The lowest BCUT2D eigenvalue weighted by atomic mass is 10.1. The van der Waals surface area contributed by atoms with E-state index in [1.807, 2.05) is 0 Å². The van der Waals surface area contributed by atoms with Crippen molar-refractivity contribution in [3.8, 4) is 0 Å². The van der Waals surface area contributed by atoms with Crippen LogP contribution in [0.3, 0.4) is 0 Å². The van der Waals surface area contributed by atoms with E-state index in [9.17, 15) is 0 Å². The van der Waals surface area contributed by atoms with Gasteiger partial charge in [0.05, 0.1) is 6.61 Å². The lowest BCUT2D eigenvalue weighted by Gasteiger charge is -2.36. The lowest BCUT2D eigenvalue weighted by molar-refractivity contribution is 0.276. The molecule has 1 aromatic carbocycles. The molecule has 102 valence electrons. The highest BCUT2D eigenvalue weighted by atomic mass is 79.9. The molecule has 0 bridgehead atoms. The summed E-state index contributed by atoms with van der Waals surface area (Å²) in [4.78, 5) is 0. The Morgan fingerprint density at radius 2 is 1.78 bits per heavy atom. The highest BCUT2D eigenvalue weighted by Crippen LogP contribution is 2.37. The molecule has 0 unspecified atom stereocenters. The summed E-state index contributed by atoms with van der Waals surface area (Å²) in [5.41, 5.74) is 2.67. The number of rotatable bonds is 5. The maximum Gasteiger partial charge on any atom is 0.192 e. The molecule has 1 aromatic rings. The lowest BCUT2D eigenvalue weighted by Crippen LogP contribution is -2.40. The largest absolute Gasteiger partial charge is 0.413 e. The Kier molecular flexibility index (Phi) is 5.62. The first-order valence-electron chi connectivity index (χ1n) is 6.54. The summed E-state index contributed by atoms with van der Waals surface area (Å²) in [6, 6.07) is 8.72. The summed E-state index contributed by atoms with van der Waals surface area (Å²) in [5.74, 6) is 0. The fourth-order valence-electron chi connectivity index (χ4n) is 1.46. The fourth-order valence-corrected chi connectivity index (χ4v) is 2.88. The van der Waals surface area contributed by atoms with Crippen LogP contribution in [0.4, 0.5) is 0 Å². The second-order valence-electron chi connectivity index (χ2n) is 6.31. The Hall–Kier alpha value is -0.123. The van der Waals surface area contributed by atoms with Crippen molar-refractivity contribution in [2.75, 3.05) is 5.33 Å². The monoisotopic (exact) mass is 328 g/mol. The molecule has 0 aliphatic rings. The van der Waals surface area contributed by atoms with E-state index in [1.54, 1.807) is 0 Å². The Bertz CT molecular complexity index is 382. The van der Waals surface area contributed by atoms with Crippen LogP contribution in [0.2, 0.25) is 18.1 Å². The van der Waals surface area contributed by atoms with Crippen molar-refractivity contribution < 1.29 is 4.43 Å². The van der Waals surface area contributed by atoms with Gasteiger partial charge in [0.2, 0.25) is 0 Å². The number of benzene rings is 1. The smallest absolute Gasteiger partial charge is 0.192 e. The maximum atomic E-state index is 6.24. The van der Waals surface area contributed by atoms with Crippen LogP contribution < -0.4 is 0 Å². The maximum absolute atomic E-state index is 6.24. The third-order valence-corrected chi connectivity index (χ3v) is 8.66. The van der Waals surface area contributed by atoms with Gasteiger partial charge in [0.15, 0.2) is 8.32 Å². The second-order valence-corrected chi connectivity index (χ2v) is 11.9. The molecule has 0 amide bonds. The van der Waals surface area contributed by atoms with Gasteiger partial charge in [-0.3, -0.25) is 0 Å². The van der Waals surface area contributed by atoms with Gasteiger partial charge in [-0.05, 0) is 35.7 Å². The molecular weight excluding hydrogens is 304 g/mol. The predicted octanol–water partition coefficient (Wildman–Crippen LogP) is 5.15. The highest BCUT2D eigenvalue weighted by molar-refractivity contribution is 9.09. The molecule has 0 aliphatic carbocycles. The summed E-state index contributed by atoms with van der Waals surface area (Å²) in [7, 11) is -1.63. The van der Waals surface area contributed by atoms with E-state index in [1.165, 1.54) is 11.1 Å². The zero-order chi connectivity index (χ0) is 13.8. The van der Waals surface area contributed by atoms with Gasteiger partial charge in [0.1, 0.15) is 0 Å². The van der Waals surface area contributed by atoms with Gasteiger partial charge in [-0.15, -0.1) is 0 Å². The van der Waals surface area contributed by atoms with Gasteiger partial charge in [-0.1, -0.05) is 61.0 Å². The highest BCUT2D eigenvalue weighted by Gasteiger charge is 2.36. The van der Waals surface area contributed by atoms with Crippen molar-refractivity contribution in [2.24, 2.45) is 0 Å². The molecule has 0 radical (unpaired) electrons. The molecule has 1 nitrogen and oxygen atoms in total. The Morgan fingerprint density at radius 3 is 2.33 bits per heavy atom. The number of hydrogen-bond acceptors (Lipinski definition) is 1. The molecule has 18 heavy (non-hydrogen) atoms. The van der Waals surface area contributed by atoms with Crippen LogP contribution in [-0.4, -0.2) is 13.6 Å². The van der Waals surface area contributed by atoms with Crippen LogP contribution in [0.15, 0.2) is 24.3 Å². The van der Waals surface area contributed by atoms with Crippen LogP contribution >= 0.6 is 15.9 Å². The number of halogens is 1. The van der Waals surface area contributed by atoms with Gasteiger partial charge >= 0.3 is 0 Å². The quantitative estimate of drug-likeness (QED) is 0.536. The topological polar surface area (TPSA) is 9.23 Å². The Labute approximate surface area is 121 Å². The minimum Gasteiger partial charge on any atom is -0.413 e. The summed E-state index contributed by atoms with van der Waals surface area (Å²) in [5, 5.41) is 1.29. The molecule has 0 atom stereocenters. The number of alkyl halides is 1. The fraction of sp³-hybridized carbons (Fsp3) is 0.600. The molecule has 0 saturated carbocycles. The van der Waals surface area contributed by atoms with Gasteiger partial charge in [0.25, 0.3) is 0 Å². The van der Waals surface area contributed by atoms with Crippen molar-refractivity contribution in [2.45, 2.75) is 51.9 Å². The zero-order valence-electron chi connectivity index (χ0n) is 12.2. The normalized spacial score (nSPS) is 12.8. The van der Waals surface area contributed by atoms with Gasteiger partial charge < -0.3 is 4.43 Å². The zero-order valence-corrected chi connectivity index (χ0v) is 14.8. The Morgan fingerprint density at radius 1 is 1.17 bits per heavy atom. The molecule has 1 rings (SSSR count). The molecule has 3 heteroatoms. The third kappa shape index (κ3) is 4.52. The van der Waals surface area contributed by atoms with E-state index >= 15 is 0 Å². The van der Waals surface area contributed by atoms with Gasteiger partial charge in [-0.2, -0.15) is 0 Å². The van der Waals surface area contributed by atoms with Gasteiger partial charge in [0, 0.05) is 5.33 Å². The number of hydrogen-bond donors (Lipinski definition) is 0. The van der Waals surface area contributed by atoms with Crippen LogP contribution in [0.25, 0.3) is 0 Å².